The maximum Gasteiger partial charge on any atom is 0.249 e. The molecule has 0 aliphatic carbocycles. The molecule has 1 aromatic heterocycles. The first-order valence-electron chi connectivity index (χ1n) is 9.37. The van der Waals surface area contributed by atoms with E-state index in [2.05, 4.69) is 11.9 Å². The van der Waals surface area contributed by atoms with Gasteiger partial charge in [-0.15, -0.1) is 11.3 Å². The van der Waals surface area contributed by atoms with Gasteiger partial charge in [0.1, 0.15) is 16.6 Å². The van der Waals surface area contributed by atoms with Crippen LogP contribution in [-0.4, -0.2) is 28.9 Å². The minimum absolute atomic E-state index is 0.0869. The van der Waals surface area contributed by atoms with Crippen molar-refractivity contribution in [3.63, 3.8) is 0 Å². The number of thiazole rings is 1. The topological polar surface area (TPSA) is 33.2 Å². The lowest BCUT2D eigenvalue weighted by Crippen LogP contribution is -2.32. The van der Waals surface area contributed by atoms with Crippen LogP contribution in [0.4, 0.5) is 8.78 Å². The fourth-order valence-corrected chi connectivity index (χ4v) is 3.76. The van der Waals surface area contributed by atoms with E-state index in [0.717, 1.165) is 36.7 Å². The molecule has 0 N–H and O–H groups in total. The van der Waals surface area contributed by atoms with Crippen molar-refractivity contribution in [2.75, 3.05) is 13.1 Å². The van der Waals surface area contributed by atoms with Gasteiger partial charge in [-0.3, -0.25) is 4.79 Å². The maximum atomic E-state index is 13.4. The number of likely N-dealkylation sites (N-methyl/N-ethyl adjacent to an activating group) is 1. The summed E-state index contributed by atoms with van der Waals surface area (Å²) in [6, 6.07) is 3.41. The van der Waals surface area contributed by atoms with Gasteiger partial charge in [0.25, 0.3) is 0 Å². The summed E-state index contributed by atoms with van der Waals surface area (Å²) in [5.74, 6) is -1.14. The summed E-state index contributed by atoms with van der Waals surface area (Å²) in [4.78, 5) is 19.1. The lowest BCUT2D eigenvalue weighted by molar-refractivity contribution is -0.127. The van der Waals surface area contributed by atoms with Crippen LogP contribution in [0.25, 0.3) is 10.6 Å². The zero-order valence-electron chi connectivity index (χ0n) is 16.1. The van der Waals surface area contributed by atoms with Gasteiger partial charge in [-0.2, -0.15) is 0 Å². The monoisotopic (exact) mass is 392 g/mol. The summed E-state index contributed by atoms with van der Waals surface area (Å²) in [7, 11) is 0. The van der Waals surface area contributed by atoms with Gasteiger partial charge >= 0.3 is 0 Å². The number of benzene rings is 1. The van der Waals surface area contributed by atoms with Gasteiger partial charge in [0.2, 0.25) is 5.91 Å². The molecule has 146 valence electrons. The first-order valence-corrected chi connectivity index (χ1v) is 10.3. The smallest absolute Gasteiger partial charge is 0.249 e. The Morgan fingerprint density at radius 1 is 1.19 bits per heavy atom. The van der Waals surface area contributed by atoms with E-state index in [-0.39, 0.29) is 5.91 Å². The van der Waals surface area contributed by atoms with E-state index in [9.17, 15) is 13.6 Å². The van der Waals surface area contributed by atoms with Crippen molar-refractivity contribution in [3.05, 3.63) is 52.6 Å². The van der Waals surface area contributed by atoms with Crippen molar-refractivity contribution < 1.29 is 13.6 Å². The number of nitrogens with zero attached hydrogens (tertiary/aromatic N) is 2. The van der Waals surface area contributed by atoms with Crippen LogP contribution < -0.4 is 0 Å². The number of halogens is 2. The number of hydrogen-bond acceptors (Lipinski definition) is 3. The standard InChI is InChI=1S/C21H26F2N2OS/c1-4-7-15(21(26)25(6-3)10-5-2)8-9-19-14-27-20(24-19)16-11-17(22)13-18(23)12-16/h7,11-14H,4-6,8-10H2,1-3H3/b15-7+. The number of carbonyl (C=O) groups excluding carboxylic acids is 1. The van der Waals surface area contributed by atoms with Crippen LogP contribution in [0.15, 0.2) is 35.2 Å². The number of aryl methyl sites for hydroxylation is 1. The summed E-state index contributed by atoms with van der Waals surface area (Å²) in [6.07, 6.45) is 4.94. The van der Waals surface area contributed by atoms with Gasteiger partial charge in [-0.05, 0) is 44.7 Å². The Hall–Kier alpha value is -2.08. The van der Waals surface area contributed by atoms with Gasteiger partial charge in [-0.1, -0.05) is 19.9 Å². The highest BCUT2D eigenvalue weighted by atomic mass is 32.1. The quantitative estimate of drug-likeness (QED) is 0.519. The van der Waals surface area contributed by atoms with E-state index >= 15 is 0 Å². The Morgan fingerprint density at radius 3 is 2.48 bits per heavy atom. The molecule has 2 rings (SSSR count). The molecule has 0 spiro atoms. The number of rotatable bonds is 9. The molecule has 0 aliphatic rings. The van der Waals surface area contributed by atoms with Gasteiger partial charge in [-0.25, -0.2) is 13.8 Å². The van der Waals surface area contributed by atoms with Crippen LogP contribution in [0, 0.1) is 11.6 Å². The molecule has 0 unspecified atom stereocenters. The van der Waals surface area contributed by atoms with E-state index in [1.807, 2.05) is 30.2 Å². The average molecular weight is 393 g/mol. The van der Waals surface area contributed by atoms with E-state index < -0.39 is 11.6 Å². The third kappa shape index (κ3) is 5.96. The highest BCUT2D eigenvalue weighted by Crippen LogP contribution is 2.26. The molecule has 0 saturated heterocycles. The van der Waals surface area contributed by atoms with Crippen LogP contribution in [-0.2, 0) is 11.2 Å². The number of aromatic nitrogens is 1. The van der Waals surface area contributed by atoms with Crippen molar-refractivity contribution in [3.8, 4) is 10.6 Å². The van der Waals surface area contributed by atoms with Crippen molar-refractivity contribution in [2.45, 2.75) is 46.5 Å². The molecule has 1 aromatic carbocycles. The number of carbonyl (C=O) groups is 1. The van der Waals surface area contributed by atoms with Crippen molar-refractivity contribution in [1.29, 1.82) is 0 Å². The second kappa shape index (κ2) is 10.3. The normalized spacial score (nSPS) is 11.7. The predicted octanol–water partition coefficient (Wildman–Crippen LogP) is 5.62. The number of amides is 1. The second-order valence-corrected chi connectivity index (χ2v) is 7.18. The summed E-state index contributed by atoms with van der Waals surface area (Å²) in [5, 5.41) is 2.47. The average Bonchev–Trinajstić information content (AvgIpc) is 3.11. The maximum absolute atomic E-state index is 13.4. The van der Waals surface area contributed by atoms with Crippen LogP contribution in [0.2, 0.25) is 0 Å². The lowest BCUT2D eigenvalue weighted by atomic mass is 10.1. The molecule has 27 heavy (non-hydrogen) atoms. The van der Waals surface area contributed by atoms with Crippen molar-refractivity contribution in [1.82, 2.24) is 9.88 Å². The van der Waals surface area contributed by atoms with Gasteiger partial charge < -0.3 is 4.90 Å². The molecule has 6 heteroatoms. The second-order valence-electron chi connectivity index (χ2n) is 6.32. The van der Waals surface area contributed by atoms with E-state index in [4.69, 9.17) is 0 Å². The van der Waals surface area contributed by atoms with E-state index in [1.54, 1.807) is 0 Å². The molecule has 1 amide bonds. The molecule has 0 radical (unpaired) electrons. The molecule has 0 bridgehead atoms. The minimum atomic E-state index is -0.615. The molecule has 2 aromatic rings. The van der Waals surface area contributed by atoms with Gasteiger partial charge in [0.15, 0.2) is 0 Å². The molecule has 0 saturated carbocycles. The Morgan fingerprint density at radius 2 is 1.89 bits per heavy atom. The number of allylic oxidation sites excluding steroid dienone is 1. The van der Waals surface area contributed by atoms with Crippen LogP contribution in [0.3, 0.4) is 0 Å². The molecule has 0 atom stereocenters. The largest absolute Gasteiger partial charge is 0.339 e. The van der Waals surface area contributed by atoms with Crippen LogP contribution in [0.1, 0.15) is 45.7 Å². The Labute approximate surface area is 163 Å². The first kappa shape index (κ1) is 21.2. The lowest BCUT2D eigenvalue weighted by Gasteiger charge is -2.21. The summed E-state index contributed by atoms with van der Waals surface area (Å²) in [6.45, 7) is 7.51. The fourth-order valence-electron chi connectivity index (χ4n) is 2.91. The SMILES string of the molecule is CC/C=C(\CCc1csc(-c2cc(F)cc(F)c2)n1)C(=O)N(CC)CCC. The highest BCUT2D eigenvalue weighted by molar-refractivity contribution is 7.13. The van der Waals surface area contributed by atoms with Crippen molar-refractivity contribution in [2.24, 2.45) is 0 Å². The summed E-state index contributed by atoms with van der Waals surface area (Å²) >= 11 is 1.35. The molecule has 0 aliphatic heterocycles. The Kier molecular flexibility index (Phi) is 8.10. The summed E-state index contributed by atoms with van der Waals surface area (Å²) < 4.78 is 26.8. The fraction of sp³-hybridized carbons (Fsp3) is 0.429. The minimum Gasteiger partial charge on any atom is -0.339 e. The highest BCUT2D eigenvalue weighted by Gasteiger charge is 2.16. The zero-order chi connectivity index (χ0) is 19.8. The third-order valence-electron chi connectivity index (χ3n) is 4.20. The first-order chi connectivity index (χ1) is 13.0. The molecular formula is C21H26F2N2OS. The Bertz CT molecular complexity index is 781. The molecule has 0 fully saturated rings. The number of hydrogen-bond donors (Lipinski definition) is 0. The predicted molar refractivity (Wildman–Crippen MR) is 107 cm³/mol. The van der Waals surface area contributed by atoms with Crippen molar-refractivity contribution >= 4 is 17.2 Å². The molecule has 1 heterocycles. The third-order valence-corrected chi connectivity index (χ3v) is 5.14. The van der Waals surface area contributed by atoms with Gasteiger partial charge in [0, 0.05) is 35.7 Å². The summed E-state index contributed by atoms with van der Waals surface area (Å²) in [5.41, 5.74) is 2.07. The molecule has 3 nitrogen and oxygen atoms in total. The van der Waals surface area contributed by atoms with Crippen LogP contribution >= 0.6 is 11.3 Å². The van der Waals surface area contributed by atoms with Crippen LogP contribution in [0.5, 0.6) is 0 Å². The van der Waals surface area contributed by atoms with E-state index in [1.165, 1.54) is 23.5 Å². The molecular weight excluding hydrogens is 366 g/mol. The Balaban J connectivity index is 2.09. The zero-order valence-corrected chi connectivity index (χ0v) is 16.9. The van der Waals surface area contributed by atoms with E-state index in [0.29, 0.717) is 30.0 Å². The van der Waals surface area contributed by atoms with Gasteiger partial charge in [0.05, 0.1) is 5.69 Å².